The first-order valence-electron chi connectivity index (χ1n) is 9.45. The van der Waals surface area contributed by atoms with Gasteiger partial charge in [-0.1, -0.05) is 45.0 Å². The molecule has 2 rings (SSSR count). The fourth-order valence-corrected chi connectivity index (χ4v) is 3.17. The minimum absolute atomic E-state index is 0.0620. The van der Waals surface area contributed by atoms with Gasteiger partial charge in [-0.05, 0) is 23.0 Å². The lowest BCUT2D eigenvalue weighted by atomic mass is 9.86. The molecule has 7 heteroatoms. The van der Waals surface area contributed by atoms with Gasteiger partial charge in [0.05, 0.1) is 0 Å². The van der Waals surface area contributed by atoms with Gasteiger partial charge in [-0.25, -0.2) is 0 Å². The van der Waals surface area contributed by atoms with Crippen molar-refractivity contribution in [3.63, 3.8) is 0 Å². The summed E-state index contributed by atoms with van der Waals surface area (Å²) in [5.41, 5.74) is 2.28. The van der Waals surface area contributed by atoms with E-state index in [0.717, 1.165) is 5.56 Å². The van der Waals surface area contributed by atoms with Crippen LogP contribution in [0.2, 0.25) is 0 Å². The molecule has 0 spiro atoms. The van der Waals surface area contributed by atoms with Gasteiger partial charge >= 0.3 is 6.18 Å². The van der Waals surface area contributed by atoms with E-state index in [9.17, 15) is 18.0 Å². The van der Waals surface area contributed by atoms with E-state index >= 15 is 0 Å². The van der Waals surface area contributed by atoms with Gasteiger partial charge in [0.25, 0.3) is 0 Å². The van der Waals surface area contributed by atoms with Gasteiger partial charge in [-0.15, -0.1) is 0 Å². The lowest BCUT2D eigenvalue weighted by molar-refractivity contribution is -0.184. The molecular formula is C20H30F3N3O. The molecule has 1 atom stereocenters. The summed E-state index contributed by atoms with van der Waals surface area (Å²) in [4.78, 5) is 13.4. The Labute approximate surface area is 159 Å². The normalized spacial score (nSPS) is 17.6. The van der Waals surface area contributed by atoms with Crippen molar-refractivity contribution in [2.24, 2.45) is 0 Å². The number of hydrogen-bond donors (Lipinski definition) is 2. The minimum Gasteiger partial charge on any atom is -0.354 e. The van der Waals surface area contributed by atoms with Crippen LogP contribution in [0.5, 0.6) is 0 Å². The molecule has 1 saturated heterocycles. The van der Waals surface area contributed by atoms with Crippen molar-refractivity contribution in [1.82, 2.24) is 15.5 Å². The molecule has 1 amide bonds. The smallest absolute Gasteiger partial charge is 0.354 e. The summed E-state index contributed by atoms with van der Waals surface area (Å²) in [6.07, 6.45) is -3.66. The van der Waals surface area contributed by atoms with Crippen molar-refractivity contribution in [1.29, 1.82) is 0 Å². The van der Waals surface area contributed by atoms with Gasteiger partial charge in [-0.2, -0.15) is 13.2 Å². The standard InChI is InChI=1S/C20H30F3N3O/c1-19(2,3)16-7-4-15(5-8-16)6-9-18(27)25-14-17(20(21,22)23)26-12-10-24-11-13-26/h4-5,7-8,17,24H,6,9-14H2,1-3H3,(H,25,27). The second kappa shape index (κ2) is 9.06. The van der Waals surface area contributed by atoms with Gasteiger partial charge in [0.15, 0.2) is 0 Å². The van der Waals surface area contributed by atoms with Crippen molar-refractivity contribution >= 4 is 5.91 Å². The predicted molar refractivity (Wildman–Crippen MR) is 101 cm³/mol. The Balaban J connectivity index is 1.83. The molecule has 2 N–H and O–H groups in total. The van der Waals surface area contributed by atoms with Gasteiger partial charge < -0.3 is 10.6 Å². The lowest BCUT2D eigenvalue weighted by Gasteiger charge is -2.35. The van der Waals surface area contributed by atoms with E-state index in [0.29, 0.717) is 32.6 Å². The third kappa shape index (κ3) is 6.81. The van der Waals surface area contributed by atoms with Crippen molar-refractivity contribution in [3.8, 4) is 0 Å². The Morgan fingerprint density at radius 1 is 1.15 bits per heavy atom. The molecule has 1 aromatic carbocycles. The summed E-state index contributed by atoms with van der Waals surface area (Å²) in [5, 5.41) is 5.51. The van der Waals surface area contributed by atoms with Gasteiger partial charge in [0, 0.05) is 39.1 Å². The number of nitrogens with zero attached hydrogens (tertiary/aromatic N) is 1. The van der Waals surface area contributed by atoms with Crippen molar-refractivity contribution in [3.05, 3.63) is 35.4 Å². The van der Waals surface area contributed by atoms with Crippen molar-refractivity contribution in [2.75, 3.05) is 32.7 Å². The monoisotopic (exact) mass is 385 g/mol. The third-order valence-electron chi connectivity index (χ3n) is 4.92. The van der Waals surface area contributed by atoms with Crippen LogP contribution in [0.1, 0.15) is 38.3 Å². The largest absolute Gasteiger partial charge is 0.405 e. The maximum absolute atomic E-state index is 13.3. The van der Waals surface area contributed by atoms with Gasteiger partial charge in [0.2, 0.25) is 5.91 Å². The fourth-order valence-electron chi connectivity index (χ4n) is 3.17. The van der Waals surface area contributed by atoms with E-state index in [1.165, 1.54) is 10.5 Å². The molecule has 0 aromatic heterocycles. The number of alkyl halides is 3. The van der Waals surface area contributed by atoms with E-state index in [-0.39, 0.29) is 17.7 Å². The minimum atomic E-state index is -4.35. The summed E-state index contributed by atoms with van der Waals surface area (Å²) in [5.74, 6) is -0.348. The van der Waals surface area contributed by atoms with E-state index in [1.54, 1.807) is 0 Å². The Kier molecular flexibility index (Phi) is 7.28. The maximum Gasteiger partial charge on any atom is 0.405 e. The zero-order valence-corrected chi connectivity index (χ0v) is 16.3. The molecule has 1 aliphatic heterocycles. The van der Waals surface area contributed by atoms with E-state index in [2.05, 4.69) is 31.4 Å². The first-order chi connectivity index (χ1) is 12.6. The summed E-state index contributed by atoms with van der Waals surface area (Å²) in [7, 11) is 0. The molecule has 0 bridgehead atoms. The molecule has 1 fully saturated rings. The summed E-state index contributed by atoms with van der Waals surface area (Å²) < 4.78 is 40.0. The number of amides is 1. The van der Waals surface area contributed by atoms with Crippen LogP contribution in [-0.4, -0.2) is 55.7 Å². The number of carbonyl (C=O) groups is 1. The topological polar surface area (TPSA) is 44.4 Å². The summed E-state index contributed by atoms with van der Waals surface area (Å²) in [6.45, 7) is 7.72. The van der Waals surface area contributed by atoms with E-state index in [4.69, 9.17) is 0 Å². The van der Waals surface area contributed by atoms with Crippen LogP contribution >= 0.6 is 0 Å². The highest BCUT2D eigenvalue weighted by Crippen LogP contribution is 2.25. The first-order valence-corrected chi connectivity index (χ1v) is 9.45. The zero-order chi connectivity index (χ0) is 20.1. The van der Waals surface area contributed by atoms with Crippen LogP contribution in [0.15, 0.2) is 24.3 Å². The summed E-state index contributed by atoms with van der Waals surface area (Å²) in [6, 6.07) is 6.41. The number of hydrogen-bond acceptors (Lipinski definition) is 3. The second-order valence-electron chi connectivity index (χ2n) is 8.09. The molecule has 1 aromatic rings. The number of aryl methyl sites for hydroxylation is 1. The summed E-state index contributed by atoms with van der Waals surface area (Å²) >= 11 is 0. The molecule has 0 saturated carbocycles. The van der Waals surface area contributed by atoms with E-state index in [1.807, 2.05) is 24.3 Å². The number of benzene rings is 1. The average Bonchev–Trinajstić information content (AvgIpc) is 2.59. The Hall–Kier alpha value is -1.60. The third-order valence-corrected chi connectivity index (χ3v) is 4.92. The van der Waals surface area contributed by atoms with Gasteiger partial charge in [-0.3, -0.25) is 9.69 Å². The highest BCUT2D eigenvalue weighted by Gasteiger charge is 2.43. The predicted octanol–water partition coefficient (Wildman–Crippen LogP) is 2.87. The van der Waals surface area contributed by atoms with Crippen LogP contribution < -0.4 is 10.6 Å². The quantitative estimate of drug-likeness (QED) is 0.792. The van der Waals surface area contributed by atoms with Crippen LogP contribution in [0.4, 0.5) is 13.2 Å². The zero-order valence-electron chi connectivity index (χ0n) is 16.3. The molecule has 1 aliphatic rings. The van der Waals surface area contributed by atoms with Crippen molar-refractivity contribution in [2.45, 2.75) is 51.2 Å². The molecule has 27 heavy (non-hydrogen) atoms. The molecule has 0 radical (unpaired) electrons. The molecular weight excluding hydrogens is 355 g/mol. The molecule has 1 heterocycles. The van der Waals surface area contributed by atoms with Crippen LogP contribution in [-0.2, 0) is 16.6 Å². The highest BCUT2D eigenvalue weighted by molar-refractivity contribution is 5.76. The first kappa shape index (κ1) is 21.7. The Bertz CT molecular complexity index is 602. The number of carbonyl (C=O) groups excluding carboxylic acids is 1. The maximum atomic E-state index is 13.3. The number of halogens is 3. The van der Waals surface area contributed by atoms with Crippen LogP contribution in [0.25, 0.3) is 0 Å². The lowest BCUT2D eigenvalue weighted by Crippen LogP contribution is -2.57. The van der Waals surface area contributed by atoms with Crippen LogP contribution in [0, 0.1) is 0 Å². The van der Waals surface area contributed by atoms with Crippen LogP contribution in [0.3, 0.4) is 0 Å². The number of nitrogens with one attached hydrogen (secondary N) is 2. The molecule has 4 nitrogen and oxygen atoms in total. The average molecular weight is 385 g/mol. The highest BCUT2D eigenvalue weighted by atomic mass is 19.4. The number of piperazine rings is 1. The Morgan fingerprint density at radius 2 is 1.74 bits per heavy atom. The molecule has 1 unspecified atom stereocenters. The Morgan fingerprint density at radius 3 is 2.26 bits per heavy atom. The molecule has 152 valence electrons. The van der Waals surface area contributed by atoms with E-state index < -0.39 is 18.8 Å². The SMILES string of the molecule is CC(C)(C)c1ccc(CCC(=O)NCC(N2CCNCC2)C(F)(F)F)cc1. The second-order valence-corrected chi connectivity index (χ2v) is 8.09. The fraction of sp³-hybridized carbons (Fsp3) is 0.650. The van der Waals surface area contributed by atoms with Crippen molar-refractivity contribution < 1.29 is 18.0 Å². The van der Waals surface area contributed by atoms with Gasteiger partial charge in [0.1, 0.15) is 6.04 Å². The number of rotatable bonds is 6. The molecule has 0 aliphatic carbocycles.